The van der Waals surface area contributed by atoms with E-state index in [0.717, 1.165) is 38.7 Å². The first-order valence-corrected chi connectivity index (χ1v) is 15.7. The monoisotopic (exact) mass is 596 g/mol. The van der Waals surface area contributed by atoms with E-state index in [0.29, 0.717) is 119 Å². The van der Waals surface area contributed by atoms with Crippen molar-refractivity contribution < 1.29 is 52.2 Å². The number of ether oxygens (including phenoxy) is 10. The lowest BCUT2D eigenvalue weighted by Crippen LogP contribution is -2.15. The van der Waals surface area contributed by atoms with Crippen molar-refractivity contribution in [1.29, 1.82) is 0 Å². The van der Waals surface area contributed by atoms with E-state index in [4.69, 9.17) is 47.4 Å². The van der Waals surface area contributed by atoms with Gasteiger partial charge in [0.1, 0.15) is 6.61 Å². The SMILES string of the molecule is CCCCCCC(=O)OCCOCCOCCOCCOCCOCCOCCOCCOCCOCCCCC. The molecular weight excluding hydrogens is 536 g/mol. The van der Waals surface area contributed by atoms with E-state index >= 15 is 0 Å². The number of esters is 1. The summed E-state index contributed by atoms with van der Waals surface area (Å²) in [5.41, 5.74) is 0. The Balaban J connectivity index is 3.07. The Morgan fingerprint density at radius 2 is 0.634 bits per heavy atom. The van der Waals surface area contributed by atoms with E-state index in [2.05, 4.69) is 13.8 Å². The molecule has 0 saturated heterocycles. The van der Waals surface area contributed by atoms with Gasteiger partial charge in [0.15, 0.2) is 0 Å². The summed E-state index contributed by atoms with van der Waals surface area (Å²) in [6, 6.07) is 0. The van der Waals surface area contributed by atoms with E-state index in [-0.39, 0.29) is 12.6 Å². The normalized spacial score (nSPS) is 11.4. The second-order valence-electron chi connectivity index (χ2n) is 9.25. The van der Waals surface area contributed by atoms with Crippen LogP contribution < -0.4 is 0 Å². The van der Waals surface area contributed by atoms with E-state index < -0.39 is 0 Å². The minimum atomic E-state index is -0.148. The molecule has 0 spiro atoms. The van der Waals surface area contributed by atoms with Crippen molar-refractivity contribution in [3.8, 4) is 0 Å². The number of carbonyl (C=O) groups is 1. The smallest absolute Gasteiger partial charge is 0.305 e. The zero-order chi connectivity index (χ0) is 29.7. The summed E-state index contributed by atoms with van der Waals surface area (Å²) in [6.07, 6.45) is 8.32. The molecule has 11 heteroatoms. The van der Waals surface area contributed by atoms with Crippen molar-refractivity contribution in [2.24, 2.45) is 0 Å². The van der Waals surface area contributed by atoms with Gasteiger partial charge in [-0.25, -0.2) is 0 Å². The van der Waals surface area contributed by atoms with Gasteiger partial charge in [0.25, 0.3) is 0 Å². The average molecular weight is 597 g/mol. The van der Waals surface area contributed by atoms with Crippen LogP contribution in [0, 0.1) is 0 Å². The van der Waals surface area contributed by atoms with Crippen LogP contribution >= 0.6 is 0 Å². The van der Waals surface area contributed by atoms with E-state index in [1.165, 1.54) is 12.8 Å². The van der Waals surface area contributed by atoms with Crippen molar-refractivity contribution in [3.05, 3.63) is 0 Å². The maximum absolute atomic E-state index is 11.5. The maximum atomic E-state index is 11.5. The Morgan fingerprint density at radius 3 is 0.976 bits per heavy atom. The second-order valence-corrected chi connectivity index (χ2v) is 9.25. The third-order valence-corrected chi connectivity index (χ3v) is 5.59. The van der Waals surface area contributed by atoms with Gasteiger partial charge < -0.3 is 47.4 Å². The van der Waals surface area contributed by atoms with Crippen LogP contribution in [0.15, 0.2) is 0 Å². The average Bonchev–Trinajstić information content (AvgIpc) is 2.98. The summed E-state index contributed by atoms with van der Waals surface area (Å²) >= 11 is 0. The lowest BCUT2D eigenvalue weighted by Gasteiger charge is -2.09. The molecule has 0 fully saturated rings. The van der Waals surface area contributed by atoms with E-state index in [1.807, 2.05) is 0 Å². The third kappa shape index (κ3) is 37.1. The highest BCUT2D eigenvalue weighted by molar-refractivity contribution is 5.69. The molecule has 0 aromatic heterocycles. The molecule has 0 radical (unpaired) electrons. The third-order valence-electron chi connectivity index (χ3n) is 5.59. The molecule has 0 aromatic carbocycles. The van der Waals surface area contributed by atoms with Crippen molar-refractivity contribution in [2.75, 3.05) is 126 Å². The first-order chi connectivity index (χ1) is 20.3. The van der Waals surface area contributed by atoms with Crippen LogP contribution in [0.5, 0.6) is 0 Å². The van der Waals surface area contributed by atoms with Gasteiger partial charge in [-0.2, -0.15) is 0 Å². The lowest BCUT2D eigenvalue weighted by atomic mass is 10.2. The van der Waals surface area contributed by atoms with Crippen molar-refractivity contribution >= 4 is 5.97 Å². The van der Waals surface area contributed by atoms with Gasteiger partial charge in [-0.3, -0.25) is 4.79 Å². The molecule has 0 aliphatic rings. The fraction of sp³-hybridized carbons (Fsp3) is 0.967. The first-order valence-electron chi connectivity index (χ1n) is 15.7. The molecule has 0 aliphatic carbocycles. The predicted octanol–water partition coefficient (Wildman–Crippen LogP) is 3.84. The predicted molar refractivity (Wildman–Crippen MR) is 157 cm³/mol. The minimum Gasteiger partial charge on any atom is -0.463 e. The molecular formula is C30H60O11. The zero-order valence-corrected chi connectivity index (χ0v) is 26.1. The number of carbonyl (C=O) groups excluding carboxylic acids is 1. The summed E-state index contributed by atoms with van der Waals surface area (Å²) in [5.74, 6) is -0.148. The van der Waals surface area contributed by atoms with E-state index in [9.17, 15) is 4.79 Å². The molecule has 0 amide bonds. The maximum Gasteiger partial charge on any atom is 0.305 e. The fourth-order valence-corrected chi connectivity index (χ4v) is 3.30. The van der Waals surface area contributed by atoms with Gasteiger partial charge in [-0.1, -0.05) is 46.0 Å². The Bertz CT molecular complexity index is 497. The highest BCUT2D eigenvalue weighted by Crippen LogP contribution is 2.03. The van der Waals surface area contributed by atoms with Crippen LogP contribution in [-0.2, 0) is 52.2 Å². The van der Waals surface area contributed by atoms with Crippen LogP contribution in [0.2, 0.25) is 0 Å². The molecule has 246 valence electrons. The summed E-state index contributed by atoms with van der Waals surface area (Å²) in [6.45, 7) is 14.3. The summed E-state index contributed by atoms with van der Waals surface area (Å²) in [4.78, 5) is 11.5. The van der Waals surface area contributed by atoms with Crippen LogP contribution in [0.25, 0.3) is 0 Å². The standard InChI is InChI=1S/C30H60O11/c1-3-5-7-8-10-30(31)41-29-28-40-27-26-39-25-24-38-23-22-37-21-20-36-19-18-35-17-16-34-15-14-33-13-12-32-11-9-6-4-2/h3-29H2,1-2H3. The summed E-state index contributed by atoms with van der Waals surface area (Å²) < 4.78 is 54.2. The van der Waals surface area contributed by atoms with Gasteiger partial charge in [0, 0.05) is 13.0 Å². The first kappa shape index (κ1) is 40.1. The Kier molecular flexibility index (Phi) is 36.3. The van der Waals surface area contributed by atoms with Crippen molar-refractivity contribution in [2.45, 2.75) is 65.2 Å². The molecule has 0 aromatic rings. The van der Waals surface area contributed by atoms with Crippen molar-refractivity contribution in [1.82, 2.24) is 0 Å². The molecule has 0 saturated carbocycles. The molecule has 0 aliphatic heterocycles. The molecule has 41 heavy (non-hydrogen) atoms. The highest BCUT2D eigenvalue weighted by Gasteiger charge is 2.02. The number of hydrogen-bond donors (Lipinski definition) is 0. The van der Waals surface area contributed by atoms with Gasteiger partial charge in [0.2, 0.25) is 0 Å². The summed E-state index contributed by atoms with van der Waals surface area (Å²) in [7, 11) is 0. The van der Waals surface area contributed by atoms with Gasteiger partial charge in [-0.05, 0) is 12.8 Å². The highest BCUT2D eigenvalue weighted by atomic mass is 16.6. The quantitative estimate of drug-likeness (QED) is 0.0777. The number of rotatable bonds is 36. The van der Waals surface area contributed by atoms with Crippen LogP contribution in [0.1, 0.15) is 65.2 Å². The van der Waals surface area contributed by atoms with Crippen LogP contribution in [-0.4, -0.2) is 132 Å². The van der Waals surface area contributed by atoms with Crippen LogP contribution in [0.4, 0.5) is 0 Å². The largest absolute Gasteiger partial charge is 0.463 e. The topological polar surface area (TPSA) is 109 Å². The summed E-state index contributed by atoms with van der Waals surface area (Å²) in [5, 5.41) is 0. The van der Waals surface area contributed by atoms with E-state index in [1.54, 1.807) is 0 Å². The lowest BCUT2D eigenvalue weighted by molar-refractivity contribution is -0.145. The molecule has 0 unspecified atom stereocenters. The van der Waals surface area contributed by atoms with Crippen LogP contribution in [0.3, 0.4) is 0 Å². The molecule has 11 nitrogen and oxygen atoms in total. The molecule has 0 heterocycles. The van der Waals surface area contributed by atoms with Gasteiger partial charge >= 0.3 is 5.97 Å². The Morgan fingerprint density at radius 1 is 0.341 bits per heavy atom. The fourth-order valence-electron chi connectivity index (χ4n) is 3.30. The van der Waals surface area contributed by atoms with Crippen molar-refractivity contribution in [3.63, 3.8) is 0 Å². The Hall–Kier alpha value is -0.890. The molecule has 0 atom stereocenters. The number of hydrogen-bond acceptors (Lipinski definition) is 11. The molecule has 0 rings (SSSR count). The van der Waals surface area contributed by atoms with Gasteiger partial charge in [-0.15, -0.1) is 0 Å². The second kappa shape index (κ2) is 37.1. The zero-order valence-electron chi connectivity index (χ0n) is 26.1. The van der Waals surface area contributed by atoms with Gasteiger partial charge in [0.05, 0.1) is 112 Å². The molecule has 0 bridgehead atoms. The molecule has 0 N–H and O–H groups in total. The Labute approximate surface area is 249 Å². The minimum absolute atomic E-state index is 0.148. The number of unbranched alkanes of at least 4 members (excludes halogenated alkanes) is 5.